The van der Waals surface area contributed by atoms with Gasteiger partial charge in [-0.1, -0.05) is 12.2 Å². The molecule has 1 rings (SSSR count). The summed E-state index contributed by atoms with van der Waals surface area (Å²) in [6, 6.07) is 9.07. The van der Waals surface area contributed by atoms with Gasteiger partial charge in [-0.2, -0.15) is 0 Å². The summed E-state index contributed by atoms with van der Waals surface area (Å²) < 4.78 is 0. The van der Waals surface area contributed by atoms with E-state index in [9.17, 15) is 0 Å². The average Bonchev–Trinajstić information content (AvgIpc) is 2.34. The zero-order valence-electron chi connectivity index (χ0n) is 12.3. The summed E-state index contributed by atoms with van der Waals surface area (Å²) >= 11 is 4.94. The van der Waals surface area contributed by atoms with Crippen molar-refractivity contribution in [3.05, 3.63) is 29.8 Å². The Morgan fingerprint density at radius 2 is 1.68 bits per heavy atom. The molecule has 1 aromatic rings. The fourth-order valence-corrected chi connectivity index (χ4v) is 2.33. The Kier molecular flexibility index (Phi) is 6.25. The van der Waals surface area contributed by atoms with Gasteiger partial charge in [-0.25, -0.2) is 0 Å². The molecule has 106 valence electrons. The Labute approximate surface area is 122 Å². The first-order chi connectivity index (χ1) is 8.91. The number of anilines is 1. The summed E-state index contributed by atoms with van der Waals surface area (Å²) in [5, 5.41) is 3.43. The molecule has 0 saturated heterocycles. The van der Waals surface area contributed by atoms with E-state index in [0.717, 1.165) is 24.3 Å². The topological polar surface area (TPSA) is 41.3 Å². The maximum absolute atomic E-state index is 5.57. The third kappa shape index (κ3) is 5.17. The van der Waals surface area contributed by atoms with Crippen LogP contribution in [-0.4, -0.2) is 35.1 Å². The highest BCUT2D eigenvalue weighted by Gasteiger charge is 2.12. The van der Waals surface area contributed by atoms with Crippen molar-refractivity contribution in [3.63, 3.8) is 0 Å². The van der Waals surface area contributed by atoms with Crippen molar-refractivity contribution in [1.82, 2.24) is 4.90 Å². The molecule has 0 unspecified atom stereocenters. The molecule has 0 aromatic heterocycles. The normalized spacial score (nSPS) is 11.3. The monoisotopic (exact) mass is 279 g/mol. The Bertz CT molecular complexity index is 390. The number of hydrogen-bond donors (Lipinski definition) is 2. The predicted octanol–water partition coefficient (Wildman–Crippen LogP) is 2.85. The van der Waals surface area contributed by atoms with Crippen LogP contribution in [0.2, 0.25) is 0 Å². The predicted molar refractivity (Wildman–Crippen MR) is 87.8 cm³/mol. The molecule has 3 nitrogen and oxygen atoms in total. The number of thiocarbonyl (C=S) groups is 1. The zero-order chi connectivity index (χ0) is 14.4. The highest BCUT2D eigenvalue weighted by Crippen LogP contribution is 2.10. The van der Waals surface area contributed by atoms with Gasteiger partial charge in [0, 0.05) is 36.4 Å². The van der Waals surface area contributed by atoms with Crippen LogP contribution in [0.25, 0.3) is 0 Å². The van der Waals surface area contributed by atoms with Gasteiger partial charge in [-0.3, -0.25) is 4.90 Å². The van der Waals surface area contributed by atoms with Gasteiger partial charge in [0.1, 0.15) is 4.99 Å². The molecule has 0 aliphatic rings. The van der Waals surface area contributed by atoms with E-state index < -0.39 is 0 Å². The Balaban J connectivity index is 2.46. The van der Waals surface area contributed by atoms with Gasteiger partial charge in [-0.05, 0) is 52.0 Å². The first-order valence-electron chi connectivity index (χ1n) is 6.81. The van der Waals surface area contributed by atoms with E-state index in [2.05, 4.69) is 37.9 Å². The van der Waals surface area contributed by atoms with E-state index in [1.54, 1.807) is 0 Å². The first-order valence-corrected chi connectivity index (χ1v) is 7.22. The largest absolute Gasteiger partial charge is 0.389 e. The highest BCUT2D eigenvalue weighted by atomic mass is 32.1. The fraction of sp³-hybridized carbons (Fsp3) is 0.533. The molecule has 0 amide bonds. The standard InChI is InChI=1S/C15H25N3S/c1-11(2)18(12(3)4)10-9-17-14-7-5-13(6-8-14)15(16)19/h5-8,11-12,17H,9-10H2,1-4H3,(H2,16,19). The van der Waals surface area contributed by atoms with Crippen molar-refractivity contribution >= 4 is 22.9 Å². The SMILES string of the molecule is CC(C)N(CCNc1ccc(C(N)=S)cc1)C(C)C. The molecule has 0 radical (unpaired) electrons. The van der Waals surface area contributed by atoms with Crippen LogP contribution in [0.5, 0.6) is 0 Å². The van der Waals surface area contributed by atoms with Crippen molar-refractivity contribution in [2.45, 2.75) is 39.8 Å². The lowest BCUT2D eigenvalue weighted by molar-refractivity contribution is 0.182. The highest BCUT2D eigenvalue weighted by molar-refractivity contribution is 7.80. The van der Waals surface area contributed by atoms with Gasteiger partial charge >= 0.3 is 0 Å². The van der Waals surface area contributed by atoms with Crippen molar-refractivity contribution in [2.24, 2.45) is 5.73 Å². The first kappa shape index (κ1) is 15.9. The minimum Gasteiger partial charge on any atom is -0.389 e. The summed E-state index contributed by atoms with van der Waals surface area (Å²) in [5.74, 6) is 0. The lowest BCUT2D eigenvalue weighted by Crippen LogP contribution is -2.40. The maximum atomic E-state index is 5.57. The molecule has 0 aliphatic heterocycles. The molecular formula is C15H25N3S. The summed E-state index contributed by atoms with van der Waals surface area (Å²) in [7, 11) is 0. The number of hydrogen-bond acceptors (Lipinski definition) is 3. The average molecular weight is 279 g/mol. The summed E-state index contributed by atoms with van der Waals surface area (Å²) in [6.07, 6.45) is 0. The third-order valence-electron chi connectivity index (χ3n) is 3.20. The summed E-state index contributed by atoms with van der Waals surface area (Å²) in [5.41, 5.74) is 7.59. The Morgan fingerprint density at radius 1 is 1.16 bits per heavy atom. The van der Waals surface area contributed by atoms with Crippen LogP contribution in [0.1, 0.15) is 33.3 Å². The number of benzene rings is 1. The second-order valence-corrected chi connectivity index (χ2v) is 5.73. The van der Waals surface area contributed by atoms with Gasteiger partial charge in [0.25, 0.3) is 0 Å². The smallest absolute Gasteiger partial charge is 0.103 e. The molecule has 0 heterocycles. The van der Waals surface area contributed by atoms with Crippen LogP contribution in [0, 0.1) is 0 Å². The van der Waals surface area contributed by atoms with Gasteiger partial charge in [-0.15, -0.1) is 0 Å². The molecule has 0 aliphatic carbocycles. The summed E-state index contributed by atoms with van der Waals surface area (Å²) in [4.78, 5) is 2.91. The quantitative estimate of drug-likeness (QED) is 0.753. The van der Waals surface area contributed by atoms with Gasteiger partial charge < -0.3 is 11.1 Å². The van der Waals surface area contributed by atoms with Gasteiger partial charge in [0.05, 0.1) is 0 Å². The van der Waals surface area contributed by atoms with E-state index in [1.807, 2.05) is 24.3 Å². The molecule has 0 bridgehead atoms. The molecular weight excluding hydrogens is 254 g/mol. The maximum Gasteiger partial charge on any atom is 0.103 e. The molecule has 0 fully saturated rings. The van der Waals surface area contributed by atoms with E-state index >= 15 is 0 Å². The molecule has 0 atom stereocenters. The van der Waals surface area contributed by atoms with Crippen LogP contribution >= 0.6 is 12.2 Å². The van der Waals surface area contributed by atoms with E-state index in [0.29, 0.717) is 17.1 Å². The zero-order valence-corrected chi connectivity index (χ0v) is 13.1. The molecule has 0 saturated carbocycles. The number of rotatable bonds is 7. The van der Waals surface area contributed by atoms with Crippen LogP contribution < -0.4 is 11.1 Å². The molecule has 1 aromatic carbocycles. The van der Waals surface area contributed by atoms with E-state index in [1.165, 1.54) is 0 Å². The van der Waals surface area contributed by atoms with Crippen molar-refractivity contribution in [1.29, 1.82) is 0 Å². The van der Waals surface area contributed by atoms with Crippen LogP contribution in [0.3, 0.4) is 0 Å². The van der Waals surface area contributed by atoms with E-state index in [4.69, 9.17) is 18.0 Å². The lowest BCUT2D eigenvalue weighted by Gasteiger charge is -2.30. The van der Waals surface area contributed by atoms with Crippen molar-refractivity contribution in [3.8, 4) is 0 Å². The Morgan fingerprint density at radius 3 is 2.11 bits per heavy atom. The molecule has 0 spiro atoms. The second-order valence-electron chi connectivity index (χ2n) is 5.29. The number of nitrogens with one attached hydrogen (secondary N) is 1. The third-order valence-corrected chi connectivity index (χ3v) is 3.43. The van der Waals surface area contributed by atoms with Crippen LogP contribution in [0.15, 0.2) is 24.3 Å². The second kappa shape index (κ2) is 7.46. The Hall–Kier alpha value is -1.13. The molecule has 3 N–H and O–H groups in total. The minimum absolute atomic E-state index is 0.442. The fourth-order valence-electron chi connectivity index (χ4n) is 2.19. The lowest BCUT2D eigenvalue weighted by atomic mass is 10.2. The van der Waals surface area contributed by atoms with Crippen molar-refractivity contribution < 1.29 is 0 Å². The van der Waals surface area contributed by atoms with Gasteiger partial charge in [0.15, 0.2) is 0 Å². The molecule has 4 heteroatoms. The number of nitrogens with two attached hydrogens (primary N) is 1. The number of nitrogens with zero attached hydrogens (tertiary/aromatic N) is 1. The van der Waals surface area contributed by atoms with Crippen LogP contribution in [0.4, 0.5) is 5.69 Å². The van der Waals surface area contributed by atoms with Crippen LogP contribution in [-0.2, 0) is 0 Å². The summed E-state index contributed by atoms with van der Waals surface area (Å²) in [6.45, 7) is 10.9. The van der Waals surface area contributed by atoms with Gasteiger partial charge in [0.2, 0.25) is 0 Å². The van der Waals surface area contributed by atoms with E-state index in [-0.39, 0.29) is 0 Å². The van der Waals surface area contributed by atoms with Crippen molar-refractivity contribution in [2.75, 3.05) is 18.4 Å². The molecule has 19 heavy (non-hydrogen) atoms. The minimum atomic E-state index is 0.442.